The van der Waals surface area contributed by atoms with Gasteiger partial charge in [0.2, 0.25) is 5.88 Å². The fourth-order valence-electron chi connectivity index (χ4n) is 1.53. The zero-order valence-electron chi connectivity index (χ0n) is 9.35. The lowest BCUT2D eigenvalue weighted by molar-refractivity contribution is 0.282. The first-order valence-electron chi connectivity index (χ1n) is 5.14. The summed E-state index contributed by atoms with van der Waals surface area (Å²) in [6.45, 7) is -0.0556. The first-order chi connectivity index (χ1) is 8.24. The maximum absolute atomic E-state index is 9.03. The van der Waals surface area contributed by atoms with Gasteiger partial charge in [0, 0.05) is 22.8 Å². The first kappa shape index (κ1) is 11.9. The number of rotatable bonds is 3. The first-order valence-corrected chi connectivity index (χ1v) is 5.52. The number of ether oxygens (including phenoxy) is 1. The van der Waals surface area contributed by atoms with Crippen molar-refractivity contribution in [2.24, 2.45) is 0 Å². The summed E-state index contributed by atoms with van der Waals surface area (Å²) >= 11 is 6.03. The molecule has 2 rings (SSSR count). The Bertz CT molecular complexity index is 511. The van der Waals surface area contributed by atoms with Gasteiger partial charge in [-0.1, -0.05) is 23.7 Å². The van der Waals surface area contributed by atoms with Crippen molar-refractivity contribution in [2.45, 2.75) is 6.61 Å². The normalized spacial score (nSPS) is 10.3. The summed E-state index contributed by atoms with van der Waals surface area (Å²) in [6, 6.07) is 9.23. The van der Waals surface area contributed by atoms with Crippen LogP contribution < -0.4 is 4.74 Å². The molecule has 88 valence electrons. The van der Waals surface area contributed by atoms with E-state index in [1.54, 1.807) is 19.4 Å². The molecule has 1 aromatic heterocycles. The minimum Gasteiger partial charge on any atom is -0.481 e. The van der Waals surface area contributed by atoms with Crippen molar-refractivity contribution >= 4 is 11.6 Å². The zero-order chi connectivity index (χ0) is 12.3. The van der Waals surface area contributed by atoms with Crippen molar-refractivity contribution in [3.8, 4) is 17.0 Å². The summed E-state index contributed by atoms with van der Waals surface area (Å²) in [4.78, 5) is 4.13. The molecule has 0 fully saturated rings. The predicted octanol–water partition coefficient (Wildman–Crippen LogP) is 2.90. The van der Waals surface area contributed by atoms with Crippen LogP contribution in [-0.4, -0.2) is 17.2 Å². The van der Waals surface area contributed by atoms with Gasteiger partial charge in [-0.2, -0.15) is 0 Å². The Hall–Kier alpha value is -1.58. The van der Waals surface area contributed by atoms with Crippen molar-refractivity contribution in [1.82, 2.24) is 4.98 Å². The fraction of sp³-hybridized carbons (Fsp3) is 0.154. The zero-order valence-corrected chi connectivity index (χ0v) is 10.1. The van der Waals surface area contributed by atoms with Crippen LogP contribution in [-0.2, 0) is 6.61 Å². The number of halogens is 1. The molecule has 0 aliphatic heterocycles. The number of methoxy groups -OCH3 is 1. The van der Waals surface area contributed by atoms with Gasteiger partial charge in [0.15, 0.2) is 0 Å². The van der Waals surface area contributed by atoms with E-state index in [1.165, 1.54) is 0 Å². The van der Waals surface area contributed by atoms with Gasteiger partial charge in [-0.05, 0) is 23.3 Å². The minimum atomic E-state index is -0.0556. The van der Waals surface area contributed by atoms with Gasteiger partial charge in [0.1, 0.15) is 0 Å². The molecule has 0 aliphatic rings. The van der Waals surface area contributed by atoms with Crippen molar-refractivity contribution < 1.29 is 9.84 Å². The second kappa shape index (κ2) is 5.17. The minimum absolute atomic E-state index is 0.0556. The van der Waals surface area contributed by atoms with E-state index >= 15 is 0 Å². The molecule has 0 spiro atoms. The molecule has 0 unspecified atom stereocenters. The van der Waals surface area contributed by atoms with Crippen LogP contribution in [0.15, 0.2) is 36.5 Å². The third-order valence-electron chi connectivity index (χ3n) is 2.50. The van der Waals surface area contributed by atoms with Gasteiger partial charge in [0.25, 0.3) is 0 Å². The molecule has 2 aromatic rings. The van der Waals surface area contributed by atoms with Crippen molar-refractivity contribution in [1.29, 1.82) is 0 Å². The van der Waals surface area contributed by atoms with Gasteiger partial charge in [0.05, 0.1) is 13.7 Å². The van der Waals surface area contributed by atoms with Crippen LogP contribution in [0.4, 0.5) is 0 Å². The van der Waals surface area contributed by atoms with E-state index < -0.39 is 0 Å². The van der Waals surface area contributed by atoms with Gasteiger partial charge < -0.3 is 9.84 Å². The molecule has 0 saturated carbocycles. The monoisotopic (exact) mass is 249 g/mol. The smallest absolute Gasteiger partial charge is 0.212 e. The molecule has 1 heterocycles. The number of aromatic nitrogens is 1. The predicted molar refractivity (Wildman–Crippen MR) is 67.2 cm³/mol. The highest BCUT2D eigenvalue weighted by Crippen LogP contribution is 2.26. The number of benzene rings is 1. The highest BCUT2D eigenvalue weighted by Gasteiger charge is 2.03. The van der Waals surface area contributed by atoms with Crippen LogP contribution in [0.2, 0.25) is 5.02 Å². The van der Waals surface area contributed by atoms with E-state index in [0.717, 1.165) is 16.7 Å². The molecule has 17 heavy (non-hydrogen) atoms. The second-order valence-corrected chi connectivity index (χ2v) is 3.96. The SMILES string of the molecule is COc1ccc(-c2ccc(CO)c(Cl)c2)cn1. The van der Waals surface area contributed by atoms with E-state index in [9.17, 15) is 0 Å². The Balaban J connectivity index is 2.35. The van der Waals surface area contributed by atoms with Gasteiger partial charge in [-0.15, -0.1) is 0 Å². The average molecular weight is 250 g/mol. The topological polar surface area (TPSA) is 42.4 Å². The lowest BCUT2D eigenvalue weighted by Crippen LogP contribution is -1.89. The average Bonchev–Trinajstić information content (AvgIpc) is 2.39. The van der Waals surface area contributed by atoms with E-state index in [1.807, 2.05) is 24.3 Å². The van der Waals surface area contributed by atoms with Crippen LogP contribution in [0.3, 0.4) is 0 Å². The fourth-order valence-corrected chi connectivity index (χ4v) is 1.77. The van der Waals surface area contributed by atoms with E-state index in [0.29, 0.717) is 10.9 Å². The standard InChI is InChI=1S/C13H12ClNO2/c1-17-13-5-4-10(7-15-13)9-2-3-11(8-16)12(14)6-9/h2-7,16H,8H2,1H3. The third-order valence-corrected chi connectivity index (χ3v) is 2.85. The van der Waals surface area contributed by atoms with Gasteiger partial charge >= 0.3 is 0 Å². The van der Waals surface area contributed by atoms with E-state index in [4.69, 9.17) is 21.4 Å². The van der Waals surface area contributed by atoms with Gasteiger partial charge in [-0.25, -0.2) is 4.98 Å². The van der Waals surface area contributed by atoms with E-state index in [-0.39, 0.29) is 6.61 Å². The summed E-state index contributed by atoms with van der Waals surface area (Å²) in [5.74, 6) is 0.576. The molecule has 0 saturated heterocycles. The van der Waals surface area contributed by atoms with Crippen LogP contribution in [0.1, 0.15) is 5.56 Å². The lowest BCUT2D eigenvalue weighted by atomic mass is 10.1. The van der Waals surface area contributed by atoms with Crippen LogP contribution >= 0.6 is 11.6 Å². The van der Waals surface area contributed by atoms with Crippen molar-refractivity contribution in [3.63, 3.8) is 0 Å². The summed E-state index contributed by atoms with van der Waals surface area (Å²) in [6.07, 6.45) is 1.73. The number of pyridine rings is 1. The van der Waals surface area contributed by atoms with Gasteiger partial charge in [-0.3, -0.25) is 0 Å². The number of nitrogens with zero attached hydrogens (tertiary/aromatic N) is 1. The molecule has 0 radical (unpaired) electrons. The molecule has 1 N–H and O–H groups in total. The maximum Gasteiger partial charge on any atom is 0.212 e. The third kappa shape index (κ3) is 2.57. The highest BCUT2D eigenvalue weighted by molar-refractivity contribution is 6.31. The largest absolute Gasteiger partial charge is 0.481 e. The van der Waals surface area contributed by atoms with Crippen molar-refractivity contribution in [2.75, 3.05) is 7.11 Å². The molecule has 0 atom stereocenters. The molecule has 0 aliphatic carbocycles. The molecule has 3 nitrogen and oxygen atoms in total. The molecule has 4 heteroatoms. The number of aliphatic hydroxyl groups is 1. The Labute approximate surface area is 105 Å². The van der Waals surface area contributed by atoms with Crippen LogP contribution in [0, 0.1) is 0 Å². The molecule has 0 bridgehead atoms. The lowest BCUT2D eigenvalue weighted by Gasteiger charge is -2.06. The van der Waals surface area contributed by atoms with Crippen molar-refractivity contribution in [3.05, 3.63) is 47.1 Å². The number of aliphatic hydroxyl groups excluding tert-OH is 1. The summed E-state index contributed by atoms with van der Waals surface area (Å²) < 4.78 is 5.00. The Kier molecular flexibility index (Phi) is 3.61. The Morgan fingerprint density at radius 3 is 2.53 bits per heavy atom. The molecular formula is C13H12ClNO2. The highest BCUT2D eigenvalue weighted by atomic mass is 35.5. The van der Waals surface area contributed by atoms with Crippen LogP contribution in [0.5, 0.6) is 5.88 Å². The second-order valence-electron chi connectivity index (χ2n) is 3.55. The Morgan fingerprint density at radius 1 is 1.24 bits per heavy atom. The Morgan fingerprint density at radius 2 is 2.00 bits per heavy atom. The molecule has 0 amide bonds. The molecule has 1 aromatic carbocycles. The maximum atomic E-state index is 9.03. The van der Waals surface area contributed by atoms with Crippen LogP contribution in [0.25, 0.3) is 11.1 Å². The quantitative estimate of drug-likeness (QED) is 0.910. The molecular weight excluding hydrogens is 238 g/mol. The summed E-state index contributed by atoms with van der Waals surface area (Å²) in [5, 5.41) is 9.59. The summed E-state index contributed by atoms with van der Waals surface area (Å²) in [7, 11) is 1.58. The number of hydrogen-bond acceptors (Lipinski definition) is 3. The van der Waals surface area contributed by atoms with E-state index in [2.05, 4.69) is 4.98 Å². The number of hydrogen-bond donors (Lipinski definition) is 1. The summed E-state index contributed by atoms with van der Waals surface area (Å²) in [5.41, 5.74) is 2.64.